The van der Waals surface area contributed by atoms with E-state index in [1.54, 1.807) is 23.4 Å². The van der Waals surface area contributed by atoms with E-state index < -0.39 is 18.4 Å². The van der Waals surface area contributed by atoms with Crippen molar-refractivity contribution >= 4 is 28.1 Å². The van der Waals surface area contributed by atoms with Gasteiger partial charge in [0.2, 0.25) is 0 Å². The Morgan fingerprint density at radius 1 is 1.22 bits per heavy atom. The molecule has 3 atom stereocenters. The van der Waals surface area contributed by atoms with Crippen LogP contribution >= 0.6 is 0 Å². The lowest BCUT2D eigenvalue weighted by Crippen LogP contribution is -2.24. The van der Waals surface area contributed by atoms with Crippen LogP contribution in [-0.2, 0) is 4.74 Å². The van der Waals surface area contributed by atoms with Crippen molar-refractivity contribution in [1.29, 1.82) is 0 Å². The molecule has 5 heterocycles. The highest BCUT2D eigenvalue weighted by Gasteiger charge is 2.35. The number of nitrogens with zero attached hydrogens (tertiary/aromatic N) is 7. The molecule has 0 amide bonds. The van der Waals surface area contributed by atoms with Crippen LogP contribution in [0.25, 0.3) is 22.3 Å². The zero-order valence-electron chi connectivity index (χ0n) is 14.0. The summed E-state index contributed by atoms with van der Waals surface area (Å²) in [4.78, 5) is 26.6. The molecule has 140 valence electrons. The number of hydrogen-bond donors (Lipinski definition) is 4. The van der Waals surface area contributed by atoms with Crippen molar-refractivity contribution in [2.75, 3.05) is 12.3 Å². The fourth-order valence-corrected chi connectivity index (χ4v) is 2.82. The Kier molecular flexibility index (Phi) is 4.58. The topological polar surface area (TPSA) is 174 Å². The summed E-state index contributed by atoms with van der Waals surface area (Å²) in [5.41, 5.74) is 8.33. The Hall–Kier alpha value is -3.22. The predicted molar refractivity (Wildman–Crippen MR) is 93.0 cm³/mol. The number of ether oxygens (including phenoxy) is 1. The minimum absolute atomic E-state index is 0.221. The summed E-state index contributed by atoms with van der Waals surface area (Å²) in [7, 11) is 0. The summed E-state index contributed by atoms with van der Waals surface area (Å²) in [6.45, 7) is -0.221. The molecule has 1 fully saturated rings. The molecule has 0 saturated carbocycles. The molecule has 0 bridgehead atoms. The first-order chi connectivity index (χ1) is 13.2. The number of H-pyrrole nitrogens is 1. The van der Waals surface area contributed by atoms with Gasteiger partial charge in [0.25, 0.3) is 0 Å². The highest BCUT2D eigenvalue weighted by atomic mass is 16.5. The number of rotatable bonds is 2. The van der Waals surface area contributed by atoms with Gasteiger partial charge in [-0.2, -0.15) is 0 Å². The number of nitrogens with one attached hydrogen (secondary N) is 1. The molecule has 27 heavy (non-hydrogen) atoms. The number of nitrogens with two attached hydrogens (primary N) is 1. The first-order valence-electron chi connectivity index (χ1n) is 8.14. The van der Waals surface area contributed by atoms with E-state index >= 15 is 0 Å². The number of aliphatic hydroxyl groups excluding tert-OH is 2. The van der Waals surface area contributed by atoms with Crippen molar-refractivity contribution in [2.45, 2.75) is 24.9 Å². The number of fused-ring (bicyclic) bond motifs is 2. The van der Waals surface area contributed by atoms with E-state index in [0.717, 1.165) is 5.52 Å². The highest BCUT2D eigenvalue weighted by molar-refractivity contribution is 5.81. The smallest absolute Gasteiger partial charge is 0.180 e. The summed E-state index contributed by atoms with van der Waals surface area (Å²) in [5, 5.41) is 18.8. The molecule has 5 rings (SSSR count). The lowest BCUT2D eigenvalue weighted by atomic mass is 10.2. The molecule has 12 heteroatoms. The van der Waals surface area contributed by atoms with Gasteiger partial charge in [0.1, 0.15) is 36.0 Å². The minimum atomic E-state index is -0.698. The van der Waals surface area contributed by atoms with Gasteiger partial charge in [0.05, 0.1) is 31.6 Å². The molecule has 12 nitrogen and oxygen atoms in total. The molecule has 5 N–H and O–H groups in total. The molecule has 1 aliphatic heterocycles. The van der Waals surface area contributed by atoms with Gasteiger partial charge in [-0.3, -0.25) is 4.57 Å². The number of hydrogen-bond acceptors (Lipinski definition) is 10. The van der Waals surface area contributed by atoms with E-state index in [0.29, 0.717) is 29.0 Å². The second-order valence-corrected chi connectivity index (χ2v) is 5.86. The number of anilines is 1. The van der Waals surface area contributed by atoms with E-state index in [9.17, 15) is 5.11 Å². The normalized spacial score (nSPS) is 22.1. The van der Waals surface area contributed by atoms with E-state index in [2.05, 4.69) is 34.9 Å². The second-order valence-electron chi connectivity index (χ2n) is 5.86. The third-order valence-electron chi connectivity index (χ3n) is 4.18. The molecule has 4 aromatic rings. The Labute approximate surface area is 152 Å². The molecule has 0 unspecified atom stereocenters. The molecule has 4 aromatic heterocycles. The Bertz CT molecular complexity index is 1020. The van der Waals surface area contributed by atoms with Crippen LogP contribution in [0.5, 0.6) is 0 Å². The molecule has 0 aromatic carbocycles. The average Bonchev–Trinajstić information content (AvgIpc) is 3.40. The van der Waals surface area contributed by atoms with Crippen LogP contribution in [0, 0.1) is 0 Å². The maximum atomic E-state index is 9.71. The van der Waals surface area contributed by atoms with Crippen molar-refractivity contribution in [3.8, 4) is 0 Å². The van der Waals surface area contributed by atoms with Crippen LogP contribution < -0.4 is 5.73 Å². The lowest BCUT2D eigenvalue weighted by Gasteiger charge is -2.13. The fraction of sp³-hybridized carbons (Fsp3) is 0.333. The summed E-state index contributed by atoms with van der Waals surface area (Å²) >= 11 is 0. The van der Waals surface area contributed by atoms with Gasteiger partial charge < -0.3 is 25.7 Å². The third-order valence-corrected chi connectivity index (χ3v) is 4.18. The van der Waals surface area contributed by atoms with Gasteiger partial charge >= 0.3 is 0 Å². The molecular weight excluding hydrogens is 354 g/mol. The predicted octanol–water partition coefficient (Wildman–Crippen LogP) is -0.598. The van der Waals surface area contributed by atoms with Gasteiger partial charge in [0.15, 0.2) is 17.1 Å². The molecule has 0 radical (unpaired) electrons. The minimum Gasteiger partial charge on any atom is -0.394 e. The van der Waals surface area contributed by atoms with Crippen molar-refractivity contribution in [1.82, 2.24) is 39.5 Å². The van der Waals surface area contributed by atoms with Crippen molar-refractivity contribution in [3.63, 3.8) is 0 Å². The van der Waals surface area contributed by atoms with Crippen LogP contribution in [0.1, 0.15) is 12.6 Å². The number of aromatic amines is 1. The quantitative estimate of drug-likeness (QED) is 0.356. The molecule has 0 aliphatic carbocycles. The van der Waals surface area contributed by atoms with Crippen LogP contribution in [0.4, 0.5) is 5.82 Å². The average molecular weight is 371 g/mol. The molecule has 1 saturated heterocycles. The summed E-state index contributed by atoms with van der Waals surface area (Å²) in [6, 6.07) is 0. The van der Waals surface area contributed by atoms with Crippen molar-refractivity contribution in [3.05, 3.63) is 31.5 Å². The van der Waals surface area contributed by atoms with Gasteiger partial charge in [-0.05, 0) is 0 Å². The monoisotopic (exact) mass is 371 g/mol. The molecule has 0 spiro atoms. The maximum absolute atomic E-state index is 9.71. The van der Waals surface area contributed by atoms with E-state index in [1.807, 2.05) is 0 Å². The van der Waals surface area contributed by atoms with E-state index in [1.165, 1.54) is 12.7 Å². The largest absolute Gasteiger partial charge is 0.394 e. The molecule has 1 aliphatic rings. The number of imidazole rings is 2. The van der Waals surface area contributed by atoms with Gasteiger partial charge in [-0.25, -0.2) is 29.9 Å². The SMILES string of the molecule is Nc1ncnc2c1ncn2[C@H]1C[C@H](O)[C@@H](CO)O1.c1ncc2[nH]cnc2n1. The standard InChI is InChI=1S/C10H13N5O3.C5H4N4/c11-9-8-10(13-3-12-9)15(4-14-8)7-1-5(17)6(2-16)18-7;1-4-5(8-2-6-1)9-3-7-4/h3-7,16-17H,1-2H2,(H2,11,12,13);1-3H,(H,6,7,8,9)/t5-,6+,7+;/m0./s1. The van der Waals surface area contributed by atoms with Crippen LogP contribution in [0.15, 0.2) is 31.5 Å². The lowest BCUT2D eigenvalue weighted by molar-refractivity contribution is -0.0432. The summed E-state index contributed by atoms with van der Waals surface area (Å²) < 4.78 is 7.22. The molecular formula is C15H17N9O3. The zero-order valence-corrected chi connectivity index (χ0v) is 14.0. The van der Waals surface area contributed by atoms with Gasteiger partial charge in [0, 0.05) is 6.42 Å². The first-order valence-corrected chi connectivity index (χ1v) is 8.14. The van der Waals surface area contributed by atoms with Crippen LogP contribution in [0.2, 0.25) is 0 Å². The first kappa shape index (κ1) is 17.2. The summed E-state index contributed by atoms with van der Waals surface area (Å²) in [6.07, 6.45) is 6.36. The fourth-order valence-electron chi connectivity index (χ4n) is 2.82. The highest BCUT2D eigenvalue weighted by Crippen LogP contribution is 2.30. The van der Waals surface area contributed by atoms with Crippen molar-refractivity contribution < 1.29 is 14.9 Å². The Balaban J connectivity index is 0.000000167. The zero-order chi connectivity index (χ0) is 18.8. The number of aromatic nitrogens is 8. The van der Waals surface area contributed by atoms with Gasteiger partial charge in [-0.15, -0.1) is 0 Å². The van der Waals surface area contributed by atoms with Crippen LogP contribution in [-0.4, -0.2) is 68.5 Å². The van der Waals surface area contributed by atoms with Gasteiger partial charge in [-0.1, -0.05) is 0 Å². The Morgan fingerprint density at radius 2 is 2.11 bits per heavy atom. The van der Waals surface area contributed by atoms with E-state index in [4.69, 9.17) is 15.6 Å². The third kappa shape index (κ3) is 3.28. The number of nitrogen functional groups attached to an aromatic ring is 1. The maximum Gasteiger partial charge on any atom is 0.180 e. The summed E-state index contributed by atoms with van der Waals surface area (Å²) in [5.74, 6) is 0.302. The van der Waals surface area contributed by atoms with Crippen molar-refractivity contribution in [2.24, 2.45) is 0 Å². The van der Waals surface area contributed by atoms with Crippen LogP contribution in [0.3, 0.4) is 0 Å². The van der Waals surface area contributed by atoms with E-state index in [-0.39, 0.29) is 6.61 Å². The Morgan fingerprint density at radius 3 is 2.89 bits per heavy atom. The second kappa shape index (κ2) is 7.19. The number of aliphatic hydroxyl groups is 2.